The number of amides is 2. The number of carbonyl (C=O) groups is 1. The predicted molar refractivity (Wildman–Crippen MR) is 115 cm³/mol. The van der Waals surface area contributed by atoms with Gasteiger partial charge in [-0.15, -0.1) is 0 Å². The first-order valence-electron chi connectivity index (χ1n) is 10.6. The van der Waals surface area contributed by atoms with Crippen LogP contribution in [0.3, 0.4) is 0 Å². The molecule has 3 heterocycles. The van der Waals surface area contributed by atoms with Gasteiger partial charge in [-0.1, -0.05) is 36.9 Å². The first-order valence-corrected chi connectivity index (χ1v) is 10.6. The highest BCUT2D eigenvalue weighted by Gasteiger charge is 2.39. The van der Waals surface area contributed by atoms with Crippen LogP contribution in [0, 0.1) is 0 Å². The van der Waals surface area contributed by atoms with E-state index >= 15 is 0 Å². The van der Waals surface area contributed by atoms with Gasteiger partial charge in [0.15, 0.2) is 0 Å². The average Bonchev–Trinajstić information content (AvgIpc) is 2.74. The molecule has 0 bridgehead atoms. The number of fused-ring (bicyclic) bond motifs is 1. The van der Waals surface area contributed by atoms with Gasteiger partial charge in [0.05, 0.1) is 18.8 Å². The summed E-state index contributed by atoms with van der Waals surface area (Å²) in [4.78, 5) is 16.8. The van der Waals surface area contributed by atoms with Crippen molar-refractivity contribution in [2.45, 2.75) is 24.5 Å². The van der Waals surface area contributed by atoms with Crippen molar-refractivity contribution < 1.29 is 14.3 Å². The molecule has 2 aromatic rings. The number of morpholine rings is 1. The van der Waals surface area contributed by atoms with Crippen LogP contribution in [0.5, 0.6) is 11.5 Å². The highest BCUT2D eigenvalue weighted by molar-refractivity contribution is 5.76. The zero-order valence-corrected chi connectivity index (χ0v) is 17.0. The van der Waals surface area contributed by atoms with E-state index < -0.39 is 0 Å². The van der Waals surface area contributed by atoms with Crippen LogP contribution in [0.2, 0.25) is 0 Å². The number of rotatable bonds is 3. The maximum atomic E-state index is 12.9. The van der Waals surface area contributed by atoms with E-state index in [-0.39, 0.29) is 18.2 Å². The number of hydrogen-bond donors (Lipinski definition) is 1. The number of nitrogens with zero attached hydrogens (tertiary/aromatic N) is 2. The van der Waals surface area contributed by atoms with Gasteiger partial charge in [-0.25, -0.2) is 4.79 Å². The Hall–Kier alpha value is -2.99. The van der Waals surface area contributed by atoms with Gasteiger partial charge in [0.1, 0.15) is 11.5 Å². The third kappa shape index (κ3) is 3.87. The molecule has 0 saturated carbocycles. The van der Waals surface area contributed by atoms with Crippen molar-refractivity contribution in [3.05, 3.63) is 72.4 Å². The van der Waals surface area contributed by atoms with Crippen molar-refractivity contribution in [2.75, 3.05) is 32.8 Å². The number of benzene rings is 2. The van der Waals surface area contributed by atoms with Gasteiger partial charge < -0.3 is 24.6 Å². The fraction of sp³-hybridized carbons (Fsp3) is 0.375. The summed E-state index contributed by atoms with van der Waals surface area (Å²) in [5.74, 6) is 2.04. The molecule has 6 nitrogen and oxygen atoms in total. The van der Waals surface area contributed by atoms with E-state index in [0.717, 1.165) is 43.3 Å². The topological polar surface area (TPSA) is 54.0 Å². The van der Waals surface area contributed by atoms with Crippen LogP contribution >= 0.6 is 0 Å². The second-order valence-corrected chi connectivity index (χ2v) is 8.31. The minimum Gasteiger partial charge on any atom is -0.457 e. The summed E-state index contributed by atoms with van der Waals surface area (Å²) in [6.07, 6.45) is 1.05. The van der Waals surface area contributed by atoms with Crippen molar-refractivity contribution in [3.63, 3.8) is 0 Å². The smallest absolute Gasteiger partial charge is 0.320 e. The summed E-state index contributed by atoms with van der Waals surface area (Å²) in [6, 6.07) is 18.3. The van der Waals surface area contributed by atoms with Gasteiger partial charge >= 0.3 is 6.03 Å². The monoisotopic (exact) mass is 405 g/mol. The lowest BCUT2D eigenvalue weighted by Gasteiger charge is -2.46. The molecule has 6 heteroatoms. The van der Waals surface area contributed by atoms with Gasteiger partial charge in [0.25, 0.3) is 0 Å². The van der Waals surface area contributed by atoms with Crippen LogP contribution in [0.25, 0.3) is 0 Å². The number of piperidine rings is 1. The second-order valence-electron chi connectivity index (χ2n) is 8.31. The molecule has 30 heavy (non-hydrogen) atoms. The van der Waals surface area contributed by atoms with Gasteiger partial charge in [-0.2, -0.15) is 0 Å². The maximum Gasteiger partial charge on any atom is 0.320 e. The van der Waals surface area contributed by atoms with Crippen LogP contribution in [0.1, 0.15) is 17.9 Å². The van der Waals surface area contributed by atoms with Crippen molar-refractivity contribution in [1.29, 1.82) is 0 Å². The van der Waals surface area contributed by atoms with Crippen LogP contribution < -0.4 is 10.1 Å². The largest absolute Gasteiger partial charge is 0.457 e. The highest BCUT2D eigenvalue weighted by atomic mass is 16.5. The number of ether oxygens (including phenoxy) is 2. The maximum absolute atomic E-state index is 12.9. The minimum atomic E-state index is 0.131. The Bertz CT molecular complexity index is 909. The molecule has 156 valence electrons. The molecule has 0 radical (unpaired) electrons. The first-order chi connectivity index (χ1) is 14.7. The van der Waals surface area contributed by atoms with Gasteiger partial charge in [0, 0.05) is 37.8 Å². The molecule has 1 N–H and O–H groups in total. The van der Waals surface area contributed by atoms with E-state index in [1.54, 1.807) is 0 Å². The summed E-state index contributed by atoms with van der Waals surface area (Å²) in [6.45, 7) is 7.47. The van der Waals surface area contributed by atoms with E-state index in [9.17, 15) is 4.79 Å². The number of carbonyl (C=O) groups excluding carboxylic acids is 1. The van der Waals surface area contributed by atoms with E-state index in [0.29, 0.717) is 19.1 Å². The van der Waals surface area contributed by atoms with Crippen molar-refractivity contribution >= 4 is 6.03 Å². The molecule has 0 spiro atoms. The molecular formula is C24H27N3O3. The van der Waals surface area contributed by atoms with E-state index in [1.807, 2.05) is 52.3 Å². The zero-order chi connectivity index (χ0) is 20.5. The molecular weight excluding hydrogens is 378 g/mol. The Morgan fingerprint density at radius 2 is 1.73 bits per heavy atom. The molecule has 2 atom stereocenters. The molecule has 5 rings (SSSR count). The van der Waals surface area contributed by atoms with E-state index in [1.165, 1.54) is 5.56 Å². The SMILES string of the molecule is C=C1CO[C@H]2CCN(C(=O)N3CC(c4ccc(Oc5ccccc5)cc4)C3)C[C@@H]2N1. The number of nitrogens with one attached hydrogen (secondary N) is 1. The van der Waals surface area contributed by atoms with Gasteiger partial charge in [-0.3, -0.25) is 0 Å². The van der Waals surface area contributed by atoms with Crippen molar-refractivity contribution in [1.82, 2.24) is 15.1 Å². The lowest BCUT2D eigenvalue weighted by molar-refractivity contribution is -0.0242. The van der Waals surface area contributed by atoms with Crippen LogP contribution in [-0.4, -0.2) is 60.8 Å². The summed E-state index contributed by atoms with van der Waals surface area (Å²) in [5.41, 5.74) is 2.14. The van der Waals surface area contributed by atoms with Crippen LogP contribution in [-0.2, 0) is 4.74 Å². The van der Waals surface area contributed by atoms with Gasteiger partial charge in [-0.05, 0) is 36.2 Å². The summed E-state index contributed by atoms with van der Waals surface area (Å²) in [7, 11) is 0. The molecule has 3 saturated heterocycles. The van der Waals surface area contributed by atoms with Crippen molar-refractivity contribution in [2.24, 2.45) is 0 Å². The molecule has 3 fully saturated rings. The van der Waals surface area contributed by atoms with E-state index in [4.69, 9.17) is 9.47 Å². The molecule has 3 aliphatic rings. The number of hydrogen-bond acceptors (Lipinski definition) is 4. The fourth-order valence-corrected chi connectivity index (χ4v) is 4.43. The zero-order valence-electron chi connectivity index (χ0n) is 17.0. The quantitative estimate of drug-likeness (QED) is 0.848. The Balaban J connectivity index is 1.13. The third-order valence-electron chi connectivity index (χ3n) is 6.16. The second kappa shape index (κ2) is 8.03. The first kappa shape index (κ1) is 19.0. The Labute approximate surface area is 177 Å². The Kier molecular flexibility index (Phi) is 5.09. The Morgan fingerprint density at radius 3 is 2.50 bits per heavy atom. The summed E-state index contributed by atoms with van der Waals surface area (Å²) < 4.78 is 11.7. The Morgan fingerprint density at radius 1 is 1.00 bits per heavy atom. The average molecular weight is 405 g/mol. The lowest BCUT2D eigenvalue weighted by Crippen LogP contribution is -2.62. The third-order valence-corrected chi connectivity index (χ3v) is 6.16. The summed E-state index contributed by atoms with van der Waals surface area (Å²) >= 11 is 0. The van der Waals surface area contributed by atoms with Crippen LogP contribution in [0.15, 0.2) is 66.9 Å². The van der Waals surface area contributed by atoms with Crippen molar-refractivity contribution in [3.8, 4) is 11.5 Å². The summed E-state index contributed by atoms with van der Waals surface area (Å²) in [5, 5.41) is 3.39. The standard InChI is InChI=1S/C24H27N3O3/c1-17-16-29-23-11-12-26(15-22(23)25-17)24(28)27-13-19(14-27)18-7-9-21(10-8-18)30-20-5-3-2-4-6-20/h2-10,19,22-23,25H,1,11-16H2/t22-,23-/m0/s1. The number of likely N-dealkylation sites (tertiary alicyclic amines) is 2. The predicted octanol–water partition coefficient (Wildman–Crippen LogP) is 3.57. The van der Waals surface area contributed by atoms with Crippen LogP contribution in [0.4, 0.5) is 4.79 Å². The number of para-hydroxylation sites is 1. The molecule has 0 unspecified atom stereocenters. The highest BCUT2D eigenvalue weighted by Crippen LogP contribution is 2.31. The van der Waals surface area contributed by atoms with E-state index in [2.05, 4.69) is 24.0 Å². The lowest BCUT2D eigenvalue weighted by atomic mass is 9.91. The number of urea groups is 1. The minimum absolute atomic E-state index is 0.131. The molecule has 2 aromatic carbocycles. The molecule has 2 amide bonds. The molecule has 3 aliphatic heterocycles. The molecule has 0 aliphatic carbocycles. The fourth-order valence-electron chi connectivity index (χ4n) is 4.43. The molecule has 0 aromatic heterocycles. The normalized spacial score (nSPS) is 23.9. The van der Waals surface area contributed by atoms with Gasteiger partial charge in [0.2, 0.25) is 0 Å².